The third kappa shape index (κ3) is 2.99. The van der Waals surface area contributed by atoms with E-state index in [1.54, 1.807) is 4.90 Å². The SMILES string of the molecule is O=C(O)C1CCCCCN1C(=O)CC1CCC1. The van der Waals surface area contributed by atoms with Crippen molar-refractivity contribution in [2.45, 2.75) is 57.4 Å². The lowest BCUT2D eigenvalue weighted by Crippen LogP contribution is -2.45. The molecule has 2 rings (SSSR count). The molecule has 2 aliphatic rings. The first-order chi connectivity index (χ1) is 8.18. The summed E-state index contributed by atoms with van der Waals surface area (Å²) in [4.78, 5) is 24.9. The first-order valence-corrected chi connectivity index (χ1v) is 6.71. The van der Waals surface area contributed by atoms with Gasteiger partial charge in [0.05, 0.1) is 0 Å². The van der Waals surface area contributed by atoms with Crippen LogP contribution in [0, 0.1) is 5.92 Å². The molecule has 4 heteroatoms. The number of nitrogens with zero attached hydrogens (tertiary/aromatic N) is 1. The number of carboxylic acids is 1. The van der Waals surface area contributed by atoms with Crippen molar-refractivity contribution in [1.82, 2.24) is 4.90 Å². The van der Waals surface area contributed by atoms with Gasteiger partial charge in [0.25, 0.3) is 0 Å². The number of amides is 1. The van der Waals surface area contributed by atoms with Crippen molar-refractivity contribution in [3.63, 3.8) is 0 Å². The minimum Gasteiger partial charge on any atom is -0.480 e. The first kappa shape index (κ1) is 12.4. The Balaban J connectivity index is 1.97. The smallest absolute Gasteiger partial charge is 0.326 e. The standard InChI is InChI=1S/C13H21NO3/c15-12(9-10-5-4-6-10)14-8-3-1-2-7-11(14)13(16)17/h10-11H,1-9H2,(H,16,17). The van der Waals surface area contributed by atoms with Crippen LogP contribution in [0.3, 0.4) is 0 Å². The second-order valence-corrected chi connectivity index (χ2v) is 5.29. The molecular formula is C13H21NO3. The molecule has 1 saturated heterocycles. The van der Waals surface area contributed by atoms with E-state index in [4.69, 9.17) is 0 Å². The summed E-state index contributed by atoms with van der Waals surface area (Å²) in [6, 6.07) is -0.579. The Labute approximate surface area is 102 Å². The predicted octanol–water partition coefficient (Wildman–Crippen LogP) is 2.03. The van der Waals surface area contributed by atoms with Crippen LogP contribution in [0.5, 0.6) is 0 Å². The normalized spacial score (nSPS) is 26.1. The molecule has 17 heavy (non-hydrogen) atoms. The molecule has 1 aliphatic heterocycles. The van der Waals surface area contributed by atoms with Crippen molar-refractivity contribution in [1.29, 1.82) is 0 Å². The Morgan fingerprint density at radius 3 is 2.41 bits per heavy atom. The van der Waals surface area contributed by atoms with Gasteiger partial charge in [-0.25, -0.2) is 4.79 Å². The molecule has 0 spiro atoms. The van der Waals surface area contributed by atoms with Gasteiger partial charge in [-0.05, 0) is 31.6 Å². The molecule has 1 aliphatic carbocycles. The zero-order valence-corrected chi connectivity index (χ0v) is 10.2. The zero-order chi connectivity index (χ0) is 12.3. The molecule has 4 nitrogen and oxygen atoms in total. The van der Waals surface area contributed by atoms with Crippen LogP contribution in [-0.4, -0.2) is 34.5 Å². The van der Waals surface area contributed by atoms with E-state index in [1.165, 1.54) is 6.42 Å². The summed E-state index contributed by atoms with van der Waals surface area (Å²) in [5.74, 6) is -0.266. The van der Waals surface area contributed by atoms with E-state index in [9.17, 15) is 14.7 Å². The highest BCUT2D eigenvalue weighted by atomic mass is 16.4. The highest BCUT2D eigenvalue weighted by Crippen LogP contribution is 2.30. The van der Waals surface area contributed by atoms with E-state index in [2.05, 4.69) is 0 Å². The molecule has 0 radical (unpaired) electrons. The summed E-state index contributed by atoms with van der Waals surface area (Å²) in [6.45, 7) is 0.628. The number of rotatable bonds is 3. The maximum atomic E-state index is 12.1. The monoisotopic (exact) mass is 239 g/mol. The number of carbonyl (C=O) groups is 2. The summed E-state index contributed by atoms with van der Waals surface area (Å²) in [7, 11) is 0. The van der Waals surface area contributed by atoms with Crippen LogP contribution < -0.4 is 0 Å². The summed E-state index contributed by atoms with van der Waals surface area (Å²) in [5, 5.41) is 9.19. The predicted molar refractivity (Wildman–Crippen MR) is 63.6 cm³/mol. The van der Waals surface area contributed by atoms with Gasteiger partial charge in [-0.15, -0.1) is 0 Å². The Bertz CT molecular complexity index is 299. The van der Waals surface area contributed by atoms with Crippen LogP contribution >= 0.6 is 0 Å². The van der Waals surface area contributed by atoms with Crippen LogP contribution in [0.4, 0.5) is 0 Å². The lowest BCUT2D eigenvalue weighted by molar-refractivity contribution is -0.150. The number of carboxylic acid groups (broad SMARTS) is 1. The third-order valence-electron chi connectivity index (χ3n) is 4.05. The fraction of sp³-hybridized carbons (Fsp3) is 0.846. The quantitative estimate of drug-likeness (QED) is 0.819. The minimum atomic E-state index is -0.839. The van der Waals surface area contributed by atoms with E-state index >= 15 is 0 Å². The van der Waals surface area contributed by atoms with E-state index in [0.29, 0.717) is 25.3 Å². The lowest BCUT2D eigenvalue weighted by atomic mass is 9.82. The molecule has 1 N–H and O–H groups in total. The van der Waals surface area contributed by atoms with Gasteiger partial charge in [-0.2, -0.15) is 0 Å². The molecule has 96 valence electrons. The molecule has 1 heterocycles. The molecule has 1 unspecified atom stereocenters. The largest absolute Gasteiger partial charge is 0.480 e. The zero-order valence-electron chi connectivity index (χ0n) is 10.2. The van der Waals surface area contributed by atoms with E-state index < -0.39 is 12.0 Å². The highest BCUT2D eigenvalue weighted by molar-refractivity contribution is 5.83. The third-order valence-corrected chi connectivity index (χ3v) is 4.05. The van der Waals surface area contributed by atoms with Crippen molar-refractivity contribution in [2.24, 2.45) is 5.92 Å². The molecule has 1 atom stereocenters. The average Bonchev–Trinajstić information content (AvgIpc) is 2.48. The second kappa shape index (κ2) is 5.52. The van der Waals surface area contributed by atoms with Crippen LogP contribution in [0.1, 0.15) is 51.4 Å². The number of carbonyl (C=O) groups excluding carboxylic acids is 1. The fourth-order valence-corrected chi connectivity index (χ4v) is 2.72. The number of hydrogen-bond acceptors (Lipinski definition) is 2. The Hall–Kier alpha value is -1.06. The maximum Gasteiger partial charge on any atom is 0.326 e. The van der Waals surface area contributed by atoms with Gasteiger partial charge in [-0.1, -0.05) is 19.3 Å². The Morgan fingerprint density at radius 1 is 1.06 bits per heavy atom. The molecule has 0 aromatic rings. The summed E-state index contributed by atoms with van der Waals surface area (Å²) >= 11 is 0. The van der Waals surface area contributed by atoms with Crippen LogP contribution in [0.15, 0.2) is 0 Å². The van der Waals surface area contributed by atoms with E-state index in [-0.39, 0.29) is 5.91 Å². The Morgan fingerprint density at radius 2 is 1.82 bits per heavy atom. The summed E-state index contributed by atoms with van der Waals surface area (Å²) < 4.78 is 0. The van der Waals surface area contributed by atoms with Crippen molar-refractivity contribution < 1.29 is 14.7 Å². The van der Waals surface area contributed by atoms with Crippen molar-refractivity contribution in [2.75, 3.05) is 6.54 Å². The summed E-state index contributed by atoms with van der Waals surface area (Å²) in [5.41, 5.74) is 0. The lowest BCUT2D eigenvalue weighted by Gasteiger charge is -2.31. The van der Waals surface area contributed by atoms with Gasteiger partial charge in [0.15, 0.2) is 0 Å². The molecular weight excluding hydrogens is 218 g/mol. The van der Waals surface area contributed by atoms with Gasteiger partial charge >= 0.3 is 5.97 Å². The fourth-order valence-electron chi connectivity index (χ4n) is 2.72. The van der Waals surface area contributed by atoms with Gasteiger partial charge < -0.3 is 10.0 Å². The number of likely N-dealkylation sites (tertiary alicyclic amines) is 1. The molecule has 2 fully saturated rings. The van der Waals surface area contributed by atoms with Gasteiger partial charge in [-0.3, -0.25) is 4.79 Å². The molecule has 0 bridgehead atoms. The van der Waals surface area contributed by atoms with E-state index in [0.717, 1.165) is 32.1 Å². The number of aliphatic carboxylic acids is 1. The topological polar surface area (TPSA) is 57.6 Å². The Kier molecular flexibility index (Phi) is 4.02. The van der Waals surface area contributed by atoms with Crippen molar-refractivity contribution in [3.8, 4) is 0 Å². The highest BCUT2D eigenvalue weighted by Gasteiger charge is 2.32. The van der Waals surface area contributed by atoms with E-state index in [1.807, 2.05) is 0 Å². The van der Waals surface area contributed by atoms with Gasteiger partial charge in [0.1, 0.15) is 6.04 Å². The number of hydrogen-bond donors (Lipinski definition) is 1. The van der Waals surface area contributed by atoms with Gasteiger partial charge in [0, 0.05) is 13.0 Å². The van der Waals surface area contributed by atoms with Crippen molar-refractivity contribution in [3.05, 3.63) is 0 Å². The molecule has 0 aromatic carbocycles. The molecule has 0 aromatic heterocycles. The van der Waals surface area contributed by atoms with Crippen LogP contribution in [-0.2, 0) is 9.59 Å². The average molecular weight is 239 g/mol. The van der Waals surface area contributed by atoms with Gasteiger partial charge in [0.2, 0.25) is 5.91 Å². The summed E-state index contributed by atoms with van der Waals surface area (Å²) in [6.07, 6.45) is 7.58. The minimum absolute atomic E-state index is 0.0593. The first-order valence-electron chi connectivity index (χ1n) is 6.71. The maximum absolute atomic E-state index is 12.1. The van der Waals surface area contributed by atoms with Crippen LogP contribution in [0.2, 0.25) is 0 Å². The van der Waals surface area contributed by atoms with Crippen LogP contribution in [0.25, 0.3) is 0 Å². The molecule has 1 amide bonds. The molecule has 1 saturated carbocycles. The van der Waals surface area contributed by atoms with Crippen molar-refractivity contribution >= 4 is 11.9 Å². The second-order valence-electron chi connectivity index (χ2n) is 5.29.